The maximum absolute atomic E-state index is 6.17. The largest absolute Gasteiger partial charge is 0.342 e. The molecule has 0 spiro atoms. The number of likely N-dealkylation sites (tertiary alicyclic amines) is 1. The van der Waals surface area contributed by atoms with Gasteiger partial charge in [-0.1, -0.05) is 41.3 Å². The molecule has 6 heteroatoms. The molecule has 3 aliphatic heterocycles. The average Bonchev–Trinajstić information content (AvgIpc) is 2.67. The molecule has 1 aromatic rings. The Hall–Kier alpha value is -0.810. The van der Waals surface area contributed by atoms with Crippen LogP contribution < -0.4 is 5.32 Å². The second-order valence-corrected chi connectivity index (χ2v) is 10.0. The van der Waals surface area contributed by atoms with E-state index in [0.29, 0.717) is 22.0 Å². The molecule has 4 atom stereocenters. The normalized spacial score (nSPS) is 32.2. The van der Waals surface area contributed by atoms with Crippen LogP contribution in [0.3, 0.4) is 0 Å². The van der Waals surface area contributed by atoms with E-state index in [-0.39, 0.29) is 0 Å². The maximum atomic E-state index is 6.17. The molecular weight excluding hydrogens is 409 g/mol. The SMILES string of the molecule is S=C(Nc1cc(Cl)cc(Cl)c1)N1CCCC2=C[C@@H]3C[C@@H](CN4CCCC[C@H]34)[C@@H]21. The van der Waals surface area contributed by atoms with Crippen LogP contribution in [0.2, 0.25) is 10.0 Å². The zero-order valence-corrected chi connectivity index (χ0v) is 18.4. The van der Waals surface area contributed by atoms with Crippen molar-refractivity contribution in [2.75, 3.05) is 25.0 Å². The molecule has 3 fully saturated rings. The second-order valence-electron chi connectivity index (χ2n) is 8.79. The van der Waals surface area contributed by atoms with E-state index in [4.69, 9.17) is 35.4 Å². The molecule has 3 heterocycles. The topological polar surface area (TPSA) is 18.5 Å². The summed E-state index contributed by atoms with van der Waals surface area (Å²) in [6, 6.07) is 6.75. The first-order chi connectivity index (χ1) is 13.6. The van der Waals surface area contributed by atoms with Crippen molar-refractivity contribution in [3.05, 3.63) is 39.9 Å². The molecule has 28 heavy (non-hydrogen) atoms. The van der Waals surface area contributed by atoms with Crippen LogP contribution in [0.15, 0.2) is 29.8 Å². The van der Waals surface area contributed by atoms with E-state index < -0.39 is 0 Å². The molecule has 4 aliphatic rings. The van der Waals surface area contributed by atoms with Gasteiger partial charge in [0.15, 0.2) is 5.11 Å². The Morgan fingerprint density at radius 2 is 1.89 bits per heavy atom. The number of fused-ring (bicyclic) bond motifs is 6. The smallest absolute Gasteiger partial charge is 0.173 e. The fraction of sp³-hybridized carbons (Fsp3) is 0.591. The molecule has 0 unspecified atom stereocenters. The van der Waals surface area contributed by atoms with Gasteiger partial charge in [0.1, 0.15) is 0 Å². The van der Waals surface area contributed by atoms with Crippen molar-refractivity contribution in [1.29, 1.82) is 0 Å². The fourth-order valence-electron chi connectivity index (χ4n) is 6.02. The van der Waals surface area contributed by atoms with Crippen LogP contribution in [0.25, 0.3) is 0 Å². The number of piperidine rings is 3. The van der Waals surface area contributed by atoms with Crippen LogP contribution in [0.5, 0.6) is 0 Å². The second kappa shape index (κ2) is 7.79. The van der Waals surface area contributed by atoms with Gasteiger partial charge in [0.05, 0.1) is 6.04 Å². The van der Waals surface area contributed by atoms with Crippen molar-refractivity contribution < 1.29 is 0 Å². The number of nitrogens with zero attached hydrogens (tertiary/aromatic N) is 2. The fourth-order valence-corrected chi connectivity index (χ4v) is 6.87. The minimum Gasteiger partial charge on any atom is -0.342 e. The number of hydrogen-bond acceptors (Lipinski definition) is 2. The molecule has 2 bridgehead atoms. The first kappa shape index (κ1) is 19.2. The Kier molecular flexibility index (Phi) is 5.33. The molecule has 1 N–H and O–H groups in total. The molecule has 150 valence electrons. The van der Waals surface area contributed by atoms with Crippen LogP contribution in [0.4, 0.5) is 5.69 Å². The zero-order chi connectivity index (χ0) is 19.3. The Balaban J connectivity index is 1.39. The van der Waals surface area contributed by atoms with Gasteiger partial charge in [0, 0.05) is 34.9 Å². The third-order valence-electron chi connectivity index (χ3n) is 7.03. The van der Waals surface area contributed by atoms with Crippen molar-refractivity contribution >= 4 is 46.2 Å². The van der Waals surface area contributed by atoms with Crippen molar-refractivity contribution in [3.63, 3.8) is 0 Å². The summed E-state index contributed by atoms with van der Waals surface area (Å²) in [4.78, 5) is 5.21. The van der Waals surface area contributed by atoms with E-state index in [2.05, 4.69) is 21.2 Å². The predicted molar refractivity (Wildman–Crippen MR) is 121 cm³/mol. The predicted octanol–water partition coefficient (Wildman–Crippen LogP) is 5.59. The van der Waals surface area contributed by atoms with E-state index in [1.807, 2.05) is 12.1 Å². The number of rotatable bonds is 1. The van der Waals surface area contributed by atoms with Gasteiger partial charge in [0.25, 0.3) is 0 Å². The first-order valence-corrected chi connectivity index (χ1v) is 11.7. The van der Waals surface area contributed by atoms with E-state index in [9.17, 15) is 0 Å². The van der Waals surface area contributed by atoms with Crippen molar-refractivity contribution in [2.45, 2.75) is 50.6 Å². The Morgan fingerprint density at radius 3 is 2.71 bits per heavy atom. The van der Waals surface area contributed by atoms with Gasteiger partial charge in [-0.15, -0.1) is 0 Å². The number of halogens is 2. The summed E-state index contributed by atoms with van der Waals surface area (Å²) in [5.41, 5.74) is 2.50. The number of benzene rings is 1. The summed E-state index contributed by atoms with van der Waals surface area (Å²) >= 11 is 18.2. The molecular formula is C22H27Cl2N3S. The van der Waals surface area contributed by atoms with Crippen molar-refractivity contribution in [2.24, 2.45) is 11.8 Å². The lowest BCUT2D eigenvalue weighted by atomic mass is 9.68. The van der Waals surface area contributed by atoms with E-state index >= 15 is 0 Å². The monoisotopic (exact) mass is 435 g/mol. The third-order valence-corrected chi connectivity index (χ3v) is 7.80. The lowest BCUT2D eigenvalue weighted by molar-refractivity contribution is 0.0132. The van der Waals surface area contributed by atoms with E-state index in [0.717, 1.165) is 29.3 Å². The molecule has 1 aromatic carbocycles. The minimum absolute atomic E-state index is 0.447. The lowest BCUT2D eigenvalue weighted by Crippen LogP contribution is -2.60. The van der Waals surface area contributed by atoms with Crippen LogP contribution in [0, 0.1) is 11.8 Å². The molecule has 5 rings (SSSR count). The molecule has 3 saturated heterocycles. The standard InChI is InChI=1S/C22H27Cl2N3S/c23-17-10-18(24)12-19(11-17)25-22(28)27-7-3-4-14-8-15-9-16(21(14)27)13-26-6-2-1-5-20(15)26/h8,10-12,15-16,20-21H,1-7,9,13H2,(H,25,28)/t15-,16+,20-,21-/m1/s1. The maximum Gasteiger partial charge on any atom is 0.173 e. The highest BCUT2D eigenvalue weighted by Crippen LogP contribution is 2.45. The lowest BCUT2D eigenvalue weighted by Gasteiger charge is -2.55. The molecule has 3 nitrogen and oxygen atoms in total. The quantitative estimate of drug-likeness (QED) is 0.457. The highest BCUT2D eigenvalue weighted by atomic mass is 35.5. The summed E-state index contributed by atoms with van der Waals surface area (Å²) in [6.07, 6.45) is 10.5. The highest BCUT2D eigenvalue weighted by Gasteiger charge is 2.46. The summed E-state index contributed by atoms with van der Waals surface area (Å²) in [7, 11) is 0. The summed E-state index contributed by atoms with van der Waals surface area (Å²) in [5.74, 6) is 1.43. The van der Waals surface area contributed by atoms with Crippen LogP contribution in [-0.4, -0.2) is 46.6 Å². The van der Waals surface area contributed by atoms with Gasteiger partial charge in [-0.3, -0.25) is 4.90 Å². The number of anilines is 1. The van der Waals surface area contributed by atoms with Gasteiger partial charge in [0.2, 0.25) is 0 Å². The number of nitrogens with one attached hydrogen (secondary N) is 1. The minimum atomic E-state index is 0.447. The number of hydrogen-bond donors (Lipinski definition) is 1. The average molecular weight is 436 g/mol. The highest BCUT2D eigenvalue weighted by molar-refractivity contribution is 7.80. The molecule has 0 aromatic heterocycles. The molecule has 0 saturated carbocycles. The Bertz CT molecular complexity index is 791. The van der Waals surface area contributed by atoms with E-state index in [1.54, 1.807) is 11.6 Å². The van der Waals surface area contributed by atoms with Crippen LogP contribution in [0.1, 0.15) is 38.5 Å². The van der Waals surface area contributed by atoms with Gasteiger partial charge in [-0.2, -0.15) is 0 Å². The number of thiocarbonyl (C=S) groups is 1. The Morgan fingerprint density at radius 1 is 1.07 bits per heavy atom. The van der Waals surface area contributed by atoms with Gasteiger partial charge >= 0.3 is 0 Å². The van der Waals surface area contributed by atoms with Gasteiger partial charge < -0.3 is 10.2 Å². The molecule has 0 radical (unpaired) electrons. The first-order valence-electron chi connectivity index (χ1n) is 10.6. The van der Waals surface area contributed by atoms with Gasteiger partial charge in [-0.05, 0) is 80.9 Å². The Labute approximate surface area is 183 Å². The third kappa shape index (κ3) is 3.58. The zero-order valence-electron chi connectivity index (χ0n) is 16.0. The summed E-state index contributed by atoms with van der Waals surface area (Å²) in [5, 5.41) is 5.46. The summed E-state index contributed by atoms with van der Waals surface area (Å²) in [6.45, 7) is 3.52. The summed E-state index contributed by atoms with van der Waals surface area (Å²) < 4.78 is 0. The van der Waals surface area contributed by atoms with Crippen molar-refractivity contribution in [1.82, 2.24) is 9.80 Å². The molecule has 1 aliphatic carbocycles. The van der Waals surface area contributed by atoms with Gasteiger partial charge in [-0.25, -0.2) is 0 Å². The van der Waals surface area contributed by atoms with Crippen LogP contribution in [-0.2, 0) is 0 Å². The molecule has 0 amide bonds. The van der Waals surface area contributed by atoms with E-state index in [1.165, 1.54) is 51.6 Å². The van der Waals surface area contributed by atoms with Crippen molar-refractivity contribution in [3.8, 4) is 0 Å². The van der Waals surface area contributed by atoms with Crippen LogP contribution >= 0.6 is 35.4 Å².